The fraction of sp³-hybridized carbons (Fsp3) is 0. The number of hydrogen-bond acceptors (Lipinski definition) is 1. The summed E-state index contributed by atoms with van der Waals surface area (Å²) < 4.78 is 5.64. The van der Waals surface area contributed by atoms with Crippen molar-refractivity contribution in [3.05, 3.63) is 45.4 Å². The minimum Gasteiger partial charge on any atom is -0.456 e. The number of benzene rings is 2. The summed E-state index contributed by atoms with van der Waals surface area (Å²) in [5, 5.41) is 3.42. The quantitative estimate of drug-likeness (QED) is 0.523. The first-order valence-electron chi connectivity index (χ1n) is 4.62. The van der Waals surface area contributed by atoms with Crippen molar-refractivity contribution in [3.63, 3.8) is 0 Å². The maximum atomic E-state index is 6.16. The Labute approximate surface area is 106 Å². The standard InChI is InChI=1S/C12H5Cl3O/c13-6-1-2-7-10(5-6)16-9-4-3-8(14)12(15)11(7)9/h1-5H. The molecule has 0 saturated heterocycles. The van der Waals surface area contributed by atoms with Gasteiger partial charge >= 0.3 is 0 Å². The molecule has 80 valence electrons. The van der Waals surface area contributed by atoms with Gasteiger partial charge in [-0.15, -0.1) is 0 Å². The van der Waals surface area contributed by atoms with Gasteiger partial charge in [-0.2, -0.15) is 0 Å². The Morgan fingerprint density at radius 2 is 1.69 bits per heavy atom. The average Bonchev–Trinajstić information content (AvgIpc) is 2.61. The zero-order chi connectivity index (χ0) is 11.3. The Balaban J connectivity index is 2.57. The van der Waals surface area contributed by atoms with E-state index in [2.05, 4.69) is 0 Å². The lowest BCUT2D eigenvalue weighted by Crippen LogP contribution is -1.71. The number of fused-ring (bicyclic) bond motifs is 3. The van der Waals surface area contributed by atoms with E-state index < -0.39 is 0 Å². The van der Waals surface area contributed by atoms with E-state index in [1.807, 2.05) is 6.07 Å². The summed E-state index contributed by atoms with van der Waals surface area (Å²) in [6.45, 7) is 0. The van der Waals surface area contributed by atoms with Gasteiger partial charge in [-0.3, -0.25) is 0 Å². The topological polar surface area (TPSA) is 13.1 Å². The van der Waals surface area contributed by atoms with Crippen LogP contribution in [0.15, 0.2) is 34.7 Å². The van der Waals surface area contributed by atoms with Crippen molar-refractivity contribution in [2.45, 2.75) is 0 Å². The zero-order valence-corrected chi connectivity index (χ0v) is 10.2. The normalized spacial score (nSPS) is 11.4. The van der Waals surface area contributed by atoms with E-state index in [0.717, 1.165) is 10.8 Å². The minimum atomic E-state index is 0.514. The Morgan fingerprint density at radius 3 is 2.50 bits per heavy atom. The van der Waals surface area contributed by atoms with Crippen LogP contribution in [0.1, 0.15) is 0 Å². The van der Waals surface area contributed by atoms with Crippen molar-refractivity contribution in [3.8, 4) is 0 Å². The predicted molar refractivity (Wildman–Crippen MR) is 68.8 cm³/mol. The molecule has 1 heterocycles. The molecular weight excluding hydrogens is 266 g/mol. The van der Waals surface area contributed by atoms with Gasteiger partial charge in [-0.1, -0.05) is 34.8 Å². The summed E-state index contributed by atoms with van der Waals surface area (Å²) >= 11 is 18.0. The molecule has 3 aromatic rings. The van der Waals surface area contributed by atoms with Crippen molar-refractivity contribution >= 4 is 56.7 Å². The molecule has 0 aliphatic rings. The third-order valence-electron chi connectivity index (χ3n) is 2.49. The van der Waals surface area contributed by atoms with Crippen LogP contribution in [-0.2, 0) is 0 Å². The molecule has 0 unspecified atom stereocenters. The van der Waals surface area contributed by atoms with Crippen molar-refractivity contribution in [1.29, 1.82) is 0 Å². The third-order valence-corrected chi connectivity index (χ3v) is 3.53. The summed E-state index contributed by atoms with van der Waals surface area (Å²) in [6.07, 6.45) is 0. The van der Waals surface area contributed by atoms with Crippen LogP contribution in [0.25, 0.3) is 21.9 Å². The predicted octanol–water partition coefficient (Wildman–Crippen LogP) is 5.55. The Hall–Kier alpha value is -0.890. The second kappa shape index (κ2) is 3.56. The molecule has 0 aliphatic carbocycles. The lowest BCUT2D eigenvalue weighted by atomic mass is 10.1. The first-order chi connectivity index (χ1) is 7.66. The van der Waals surface area contributed by atoms with Gasteiger partial charge in [0, 0.05) is 21.9 Å². The first-order valence-corrected chi connectivity index (χ1v) is 5.76. The average molecular weight is 272 g/mol. The number of hydrogen-bond donors (Lipinski definition) is 0. The fourth-order valence-electron chi connectivity index (χ4n) is 1.77. The summed E-state index contributed by atoms with van der Waals surface area (Å²) in [5.74, 6) is 0. The maximum Gasteiger partial charge on any atom is 0.137 e. The number of furan rings is 1. The molecule has 0 N–H and O–H groups in total. The highest BCUT2D eigenvalue weighted by atomic mass is 35.5. The molecule has 0 bridgehead atoms. The molecule has 2 aromatic carbocycles. The molecule has 0 aliphatic heterocycles. The Bertz CT molecular complexity index is 699. The largest absolute Gasteiger partial charge is 0.456 e. The monoisotopic (exact) mass is 270 g/mol. The van der Waals surface area contributed by atoms with Crippen molar-refractivity contribution in [2.24, 2.45) is 0 Å². The van der Waals surface area contributed by atoms with Crippen LogP contribution in [-0.4, -0.2) is 0 Å². The molecule has 1 aromatic heterocycles. The second-order valence-electron chi connectivity index (χ2n) is 3.48. The van der Waals surface area contributed by atoms with Gasteiger partial charge in [0.05, 0.1) is 10.0 Å². The van der Waals surface area contributed by atoms with Crippen LogP contribution in [0.5, 0.6) is 0 Å². The smallest absolute Gasteiger partial charge is 0.137 e. The Morgan fingerprint density at radius 1 is 0.875 bits per heavy atom. The summed E-state index contributed by atoms with van der Waals surface area (Å²) in [5.41, 5.74) is 1.43. The zero-order valence-electron chi connectivity index (χ0n) is 7.93. The first kappa shape index (κ1) is 10.3. The van der Waals surface area contributed by atoms with Gasteiger partial charge < -0.3 is 4.42 Å². The molecule has 0 atom stereocenters. The Kier molecular flexibility index (Phi) is 2.28. The van der Waals surface area contributed by atoms with Crippen molar-refractivity contribution in [1.82, 2.24) is 0 Å². The highest BCUT2D eigenvalue weighted by Gasteiger charge is 2.12. The van der Waals surface area contributed by atoms with E-state index in [1.165, 1.54) is 0 Å². The highest BCUT2D eigenvalue weighted by molar-refractivity contribution is 6.46. The SMILES string of the molecule is Clc1ccc2c(c1)oc1ccc(Cl)c(Cl)c12. The van der Waals surface area contributed by atoms with Crippen molar-refractivity contribution < 1.29 is 4.42 Å². The summed E-state index contributed by atoms with van der Waals surface area (Å²) in [7, 11) is 0. The molecule has 0 saturated carbocycles. The molecule has 16 heavy (non-hydrogen) atoms. The number of rotatable bonds is 0. The van der Waals surface area contributed by atoms with Gasteiger partial charge in [0.2, 0.25) is 0 Å². The van der Waals surface area contributed by atoms with Crippen LogP contribution in [0.3, 0.4) is 0 Å². The lowest BCUT2D eigenvalue weighted by molar-refractivity contribution is 0.669. The highest BCUT2D eigenvalue weighted by Crippen LogP contribution is 2.38. The van der Waals surface area contributed by atoms with Crippen molar-refractivity contribution in [2.75, 3.05) is 0 Å². The van der Waals surface area contributed by atoms with Crippen LogP contribution in [0.4, 0.5) is 0 Å². The molecule has 1 nitrogen and oxygen atoms in total. The van der Waals surface area contributed by atoms with Gasteiger partial charge in [0.25, 0.3) is 0 Å². The molecular formula is C12H5Cl3O. The summed E-state index contributed by atoms with van der Waals surface area (Å²) in [6, 6.07) is 8.97. The van der Waals surface area contributed by atoms with E-state index in [0.29, 0.717) is 26.2 Å². The van der Waals surface area contributed by atoms with Gasteiger partial charge in [-0.25, -0.2) is 0 Å². The fourth-order valence-corrected chi connectivity index (χ4v) is 2.35. The van der Waals surface area contributed by atoms with Crippen LogP contribution >= 0.6 is 34.8 Å². The van der Waals surface area contributed by atoms with E-state index in [9.17, 15) is 0 Å². The molecule has 0 radical (unpaired) electrons. The van der Waals surface area contributed by atoms with Crippen LogP contribution < -0.4 is 0 Å². The molecule has 4 heteroatoms. The summed E-state index contributed by atoms with van der Waals surface area (Å²) in [4.78, 5) is 0. The molecule has 0 amide bonds. The lowest BCUT2D eigenvalue weighted by Gasteiger charge is -1.96. The van der Waals surface area contributed by atoms with Gasteiger partial charge in [0.15, 0.2) is 0 Å². The minimum absolute atomic E-state index is 0.514. The van der Waals surface area contributed by atoms with E-state index in [-0.39, 0.29) is 0 Å². The number of halogens is 3. The van der Waals surface area contributed by atoms with E-state index in [1.54, 1.807) is 24.3 Å². The maximum absolute atomic E-state index is 6.16. The van der Waals surface area contributed by atoms with Crippen LogP contribution in [0, 0.1) is 0 Å². The van der Waals surface area contributed by atoms with Gasteiger partial charge in [-0.05, 0) is 24.3 Å². The second-order valence-corrected chi connectivity index (χ2v) is 4.70. The third kappa shape index (κ3) is 1.40. The molecule has 3 rings (SSSR count). The molecule has 0 spiro atoms. The van der Waals surface area contributed by atoms with E-state index >= 15 is 0 Å². The van der Waals surface area contributed by atoms with Gasteiger partial charge in [0.1, 0.15) is 11.2 Å². The molecule has 0 fully saturated rings. The van der Waals surface area contributed by atoms with E-state index in [4.69, 9.17) is 39.2 Å². The van der Waals surface area contributed by atoms with Crippen LogP contribution in [0.2, 0.25) is 15.1 Å².